The van der Waals surface area contributed by atoms with Gasteiger partial charge in [-0.2, -0.15) is 26.3 Å². The molecule has 2 atom stereocenters. The summed E-state index contributed by atoms with van der Waals surface area (Å²) in [5.74, 6) is 0. The summed E-state index contributed by atoms with van der Waals surface area (Å²) in [6.07, 6.45) is -10.4. The van der Waals surface area contributed by atoms with Gasteiger partial charge in [0.25, 0.3) is 0 Å². The highest BCUT2D eigenvalue weighted by Crippen LogP contribution is 2.40. The summed E-state index contributed by atoms with van der Waals surface area (Å²) in [6, 6.07) is 7.88. The largest absolute Gasteiger partial charge is 0.416 e. The number of benzene rings is 2. The molecule has 0 radical (unpaired) electrons. The molecule has 1 aliphatic rings. The first kappa shape index (κ1) is 21.1. The predicted octanol–water partition coefficient (Wildman–Crippen LogP) is 5.09. The SMILES string of the molecule is O[C@@H]1Cc2ccccc2[C@@H]1n1nnc(-c2cc(C(F)(F)F)cc(C(F)(F)F)c2)c1I. The minimum Gasteiger partial charge on any atom is -0.390 e. The van der Waals surface area contributed by atoms with Gasteiger partial charge in [-0.1, -0.05) is 29.5 Å². The molecule has 0 saturated carbocycles. The van der Waals surface area contributed by atoms with Crippen molar-refractivity contribution in [1.29, 1.82) is 0 Å². The van der Waals surface area contributed by atoms with Crippen molar-refractivity contribution in [1.82, 2.24) is 15.0 Å². The summed E-state index contributed by atoms with van der Waals surface area (Å²) in [4.78, 5) is 0. The summed E-state index contributed by atoms with van der Waals surface area (Å²) in [5.41, 5.74) is -1.66. The highest BCUT2D eigenvalue weighted by molar-refractivity contribution is 14.1. The van der Waals surface area contributed by atoms with E-state index in [4.69, 9.17) is 0 Å². The molecule has 4 nitrogen and oxygen atoms in total. The number of aliphatic hydroxyl groups is 1. The number of aliphatic hydroxyl groups excluding tert-OH is 1. The molecule has 0 spiro atoms. The lowest BCUT2D eigenvalue weighted by molar-refractivity contribution is -0.143. The van der Waals surface area contributed by atoms with Crippen LogP contribution in [0.15, 0.2) is 42.5 Å². The molecule has 1 aromatic heterocycles. The molecule has 0 aliphatic heterocycles. The van der Waals surface area contributed by atoms with Gasteiger partial charge >= 0.3 is 12.4 Å². The molecule has 0 amide bonds. The first-order chi connectivity index (χ1) is 14.0. The van der Waals surface area contributed by atoms with Crippen LogP contribution in [-0.2, 0) is 18.8 Å². The number of aromatic nitrogens is 3. The van der Waals surface area contributed by atoms with E-state index in [-0.39, 0.29) is 21.0 Å². The first-order valence-corrected chi connectivity index (χ1v) is 9.71. The van der Waals surface area contributed by atoms with E-state index in [0.717, 1.165) is 11.1 Å². The molecule has 0 unspecified atom stereocenters. The van der Waals surface area contributed by atoms with Crippen LogP contribution in [0.1, 0.15) is 28.3 Å². The lowest BCUT2D eigenvalue weighted by Gasteiger charge is -2.17. The zero-order chi connectivity index (χ0) is 21.8. The van der Waals surface area contributed by atoms with Crippen molar-refractivity contribution in [2.45, 2.75) is 30.9 Å². The predicted molar refractivity (Wildman–Crippen MR) is 102 cm³/mol. The normalized spacial score (nSPS) is 19.2. The molecule has 0 saturated heterocycles. The van der Waals surface area contributed by atoms with Gasteiger partial charge in [0.2, 0.25) is 0 Å². The van der Waals surface area contributed by atoms with Gasteiger partial charge in [0.05, 0.1) is 17.2 Å². The van der Waals surface area contributed by atoms with Crippen molar-refractivity contribution in [3.05, 3.63) is 68.4 Å². The van der Waals surface area contributed by atoms with Gasteiger partial charge in [-0.05, 0) is 51.9 Å². The molecule has 1 N–H and O–H groups in total. The van der Waals surface area contributed by atoms with E-state index in [2.05, 4.69) is 10.3 Å². The van der Waals surface area contributed by atoms with Crippen LogP contribution in [0.5, 0.6) is 0 Å². The van der Waals surface area contributed by atoms with Gasteiger partial charge in [0.1, 0.15) is 15.4 Å². The lowest BCUT2D eigenvalue weighted by atomic mass is 10.0. The molecule has 11 heteroatoms. The van der Waals surface area contributed by atoms with E-state index in [1.54, 1.807) is 34.7 Å². The maximum Gasteiger partial charge on any atom is 0.416 e. The summed E-state index contributed by atoms with van der Waals surface area (Å²) in [5, 5.41) is 18.3. The van der Waals surface area contributed by atoms with E-state index in [1.807, 2.05) is 12.1 Å². The van der Waals surface area contributed by atoms with Crippen LogP contribution in [0, 0.1) is 3.70 Å². The van der Waals surface area contributed by atoms with Crippen LogP contribution >= 0.6 is 22.6 Å². The Labute approximate surface area is 179 Å². The summed E-state index contributed by atoms with van der Waals surface area (Å²) in [6.45, 7) is 0. The van der Waals surface area contributed by atoms with E-state index in [9.17, 15) is 31.4 Å². The minimum absolute atomic E-state index is 0.0672. The van der Waals surface area contributed by atoms with Crippen LogP contribution in [0.3, 0.4) is 0 Å². The topological polar surface area (TPSA) is 50.9 Å². The molecule has 3 aromatic rings. The van der Waals surface area contributed by atoms with Crippen molar-refractivity contribution in [3.63, 3.8) is 0 Å². The number of rotatable bonds is 2. The van der Waals surface area contributed by atoms with Gasteiger partial charge in [0.15, 0.2) is 0 Å². The number of hydrogen-bond acceptors (Lipinski definition) is 3. The third kappa shape index (κ3) is 3.68. The second kappa shape index (κ2) is 7.22. The third-order valence-electron chi connectivity index (χ3n) is 4.93. The van der Waals surface area contributed by atoms with Gasteiger partial charge < -0.3 is 5.11 Å². The van der Waals surface area contributed by atoms with E-state index in [1.165, 1.54) is 4.68 Å². The van der Waals surface area contributed by atoms with Crippen molar-refractivity contribution >= 4 is 22.6 Å². The smallest absolute Gasteiger partial charge is 0.390 e. The van der Waals surface area contributed by atoms with Crippen LogP contribution in [0.25, 0.3) is 11.3 Å². The molecule has 1 aliphatic carbocycles. The van der Waals surface area contributed by atoms with Gasteiger partial charge in [0, 0.05) is 12.0 Å². The molecule has 4 rings (SSSR count). The second-order valence-electron chi connectivity index (χ2n) is 6.88. The van der Waals surface area contributed by atoms with Gasteiger partial charge in [-0.15, -0.1) is 5.10 Å². The maximum atomic E-state index is 13.2. The van der Waals surface area contributed by atoms with E-state index < -0.39 is 35.6 Å². The van der Waals surface area contributed by atoms with Crippen LogP contribution < -0.4 is 0 Å². The Balaban J connectivity index is 1.83. The Bertz CT molecular complexity index is 1080. The summed E-state index contributed by atoms with van der Waals surface area (Å²) < 4.78 is 80.6. The van der Waals surface area contributed by atoms with Crippen molar-refractivity contribution in [3.8, 4) is 11.3 Å². The fraction of sp³-hybridized carbons (Fsp3) is 0.263. The molecule has 2 aromatic carbocycles. The molecular weight excluding hydrogens is 527 g/mol. The third-order valence-corrected chi connectivity index (χ3v) is 5.93. The van der Waals surface area contributed by atoms with Crippen LogP contribution in [0.4, 0.5) is 26.3 Å². The number of hydrogen-bond donors (Lipinski definition) is 1. The molecule has 0 fully saturated rings. The average Bonchev–Trinajstić information content (AvgIpc) is 3.18. The average molecular weight is 539 g/mol. The standard InChI is InChI=1S/C19H12F6IN3O/c20-18(21,22)11-5-10(6-12(8-11)19(23,24)25)15-17(26)29(28-27-15)16-13-4-2-1-3-9(13)7-14(16)30/h1-6,8,14,16,30H,7H2/t14-,16+/m1/s1. The quantitative estimate of drug-likeness (QED) is 0.365. The Morgan fingerprint density at radius 3 is 2.17 bits per heavy atom. The molecule has 30 heavy (non-hydrogen) atoms. The molecular formula is C19H12F6IN3O. The van der Waals surface area contributed by atoms with Crippen molar-refractivity contribution < 1.29 is 31.4 Å². The maximum absolute atomic E-state index is 13.2. The van der Waals surface area contributed by atoms with Crippen LogP contribution in [0.2, 0.25) is 0 Å². The van der Waals surface area contributed by atoms with Crippen molar-refractivity contribution in [2.75, 3.05) is 0 Å². The Hall–Kier alpha value is -2.15. The Kier molecular flexibility index (Phi) is 5.08. The molecule has 1 heterocycles. The first-order valence-electron chi connectivity index (χ1n) is 8.63. The van der Waals surface area contributed by atoms with Crippen molar-refractivity contribution in [2.24, 2.45) is 0 Å². The summed E-state index contributed by atoms with van der Waals surface area (Å²) in [7, 11) is 0. The monoisotopic (exact) mass is 539 g/mol. The minimum atomic E-state index is -4.96. The zero-order valence-electron chi connectivity index (χ0n) is 14.8. The second-order valence-corrected chi connectivity index (χ2v) is 7.90. The molecule has 158 valence electrons. The number of fused-ring (bicyclic) bond motifs is 1. The van der Waals surface area contributed by atoms with Gasteiger partial charge in [-0.3, -0.25) is 0 Å². The Morgan fingerprint density at radius 1 is 0.967 bits per heavy atom. The fourth-order valence-corrected chi connectivity index (χ4v) is 4.39. The Morgan fingerprint density at radius 2 is 1.57 bits per heavy atom. The number of nitrogens with zero attached hydrogens (tertiary/aromatic N) is 3. The number of halogens is 7. The number of alkyl halides is 6. The van der Waals surface area contributed by atoms with E-state index in [0.29, 0.717) is 18.6 Å². The fourth-order valence-electron chi connectivity index (χ4n) is 3.58. The summed E-state index contributed by atoms with van der Waals surface area (Å²) >= 11 is 1.77. The lowest BCUT2D eigenvalue weighted by Crippen LogP contribution is -2.23. The molecule has 0 bridgehead atoms. The van der Waals surface area contributed by atoms with Gasteiger partial charge in [-0.25, -0.2) is 4.68 Å². The highest BCUT2D eigenvalue weighted by atomic mass is 127. The zero-order valence-corrected chi connectivity index (χ0v) is 17.0. The highest BCUT2D eigenvalue weighted by Gasteiger charge is 2.38. The van der Waals surface area contributed by atoms with Crippen LogP contribution in [-0.4, -0.2) is 26.2 Å². The van der Waals surface area contributed by atoms with E-state index >= 15 is 0 Å².